The maximum Gasteiger partial charge on any atom is 0.306 e. The monoisotopic (exact) mass is 314 g/mol. The molecular weight excluding hydrogens is 296 g/mol. The highest BCUT2D eigenvalue weighted by Crippen LogP contribution is 2.11. The zero-order chi connectivity index (χ0) is 16.0. The third kappa shape index (κ3) is 5.92. The third-order valence-corrected chi connectivity index (χ3v) is 3.52. The van der Waals surface area contributed by atoms with Crippen molar-refractivity contribution >= 4 is 29.1 Å². The fourth-order valence-electron chi connectivity index (χ4n) is 1.61. The minimum atomic E-state index is -1.53. The zero-order valence-electron chi connectivity index (χ0n) is 11.8. The van der Waals surface area contributed by atoms with Gasteiger partial charge in [-0.1, -0.05) is 6.07 Å². The fourth-order valence-corrected chi connectivity index (χ4v) is 2.33. The molecule has 2 amide bonds. The molecule has 0 fully saturated rings. The highest BCUT2D eigenvalue weighted by Gasteiger charge is 2.25. The van der Waals surface area contributed by atoms with E-state index in [-0.39, 0.29) is 19.0 Å². The van der Waals surface area contributed by atoms with Crippen LogP contribution in [0.5, 0.6) is 0 Å². The molecule has 8 heteroatoms. The zero-order valence-corrected chi connectivity index (χ0v) is 12.6. The van der Waals surface area contributed by atoms with E-state index in [0.717, 1.165) is 0 Å². The van der Waals surface area contributed by atoms with Crippen LogP contribution >= 0.6 is 11.3 Å². The van der Waals surface area contributed by atoms with Gasteiger partial charge in [0.25, 0.3) is 5.91 Å². The summed E-state index contributed by atoms with van der Waals surface area (Å²) in [7, 11) is 1.50. The Bertz CT molecular complexity index is 513. The lowest BCUT2D eigenvalue weighted by Crippen LogP contribution is -2.45. The number of aliphatic carboxylic acids is 1. The number of carboxylic acid groups (broad SMARTS) is 1. The van der Waals surface area contributed by atoms with Gasteiger partial charge >= 0.3 is 5.97 Å². The number of amides is 2. The molecule has 1 unspecified atom stereocenters. The van der Waals surface area contributed by atoms with Crippen LogP contribution in [0.1, 0.15) is 23.0 Å². The number of carbonyl (C=O) groups excluding carboxylic acids is 2. The highest BCUT2D eigenvalue weighted by molar-refractivity contribution is 7.12. The smallest absolute Gasteiger partial charge is 0.306 e. The van der Waals surface area contributed by atoms with E-state index in [1.807, 2.05) is 0 Å². The van der Waals surface area contributed by atoms with Crippen molar-refractivity contribution in [3.05, 3.63) is 22.4 Å². The maximum absolute atomic E-state index is 11.9. The van der Waals surface area contributed by atoms with Crippen molar-refractivity contribution in [1.82, 2.24) is 10.2 Å². The van der Waals surface area contributed by atoms with Crippen molar-refractivity contribution in [2.75, 3.05) is 20.1 Å². The summed E-state index contributed by atoms with van der Waals surface area (Å²) in [4.78, 5) is 35.9. The first-order valence-corrected chi connectivity index (χ1v) is 7.09. The Morgan fingerprint density at radius 3 is 2.62 bits per heavy atom. The number of nitrogens with one attached hydrogen (secondary N) is 1. The molecule has 21 heavy (non-hydrogen) atoms. The standard InChI is InChI=1S/C13H18N2O5S/c1-13(20,6-11(17)18)8-14-10(16)7-15(2)12(19)9-4-3-5-21-9/h3-5,20H,6-8H2,1-2H3,(H,14,16)(H,17,18). The summed E-state index contributed by atoms with van der Waals surface area (Å²) in [5.74, 6) is -1.88. The molecule has 116 valence electrons. The molecule has 0 aliphatic carbocycles. The largest absolute Gasteiger partial charge is 0.481 e. The Labute approximate surface area is 126 Å². The van der Waals surface area contributed by atoms with E-state index in [9.17, 15) is 19.5 Å². The second kappa shape index (κ2) is 7.19. The van der Waals surface area contributed by atoms with Crippen molar-refractivity contribution in [1.29, 1.82) is 0 Å². The molecule has 3 N–H and O–H groups in total. The van der Waals surface area contributed by atoms with Gasteiger partial charge in [0.15, 0.2) is 0 Å². The van der Waals surface area contributed by atoms with Crippen LogP contribution in [0.3, 0.4) is 0 Å². The molecule has 0 spiro atoms. The summed E-state index contributed by atoms with van der Waals surface area (Å²) in [6.45, 7) is 0.959. The van der Waals surface area contributed by atoms with Gasteiger partial charge in [-0.3, -0.25) is 14.4 Å². The normalized spacial score (nSPS) is 13.3. The average molecular weight is 314 g/mol. The average Bonchev–Trinajstić information content (AvgIpc) is 2.87. The first kappa shape index (κ1) is 17.1. The van der Waals surface area contributed by atoms with Gasteiger partial charge in [-0.2, -0.15) is 0 Å². The number of aliphatic hydroxyl groups is 1. The Hall–Kier alpha value is -1.93. The summed E-state index contributed by atoms with van der Waals surface area (Å²) < 4.78 is 0. The van der Waals surface area contributed by atoms with E-state index in [4.69, 9.17) is 5.11 Å². The van der Waals surface area contributed by atoms with Gasteiger partial charge in [0.05, 0.1) is 23.4 Å². The molecule has 1 aromatic heterocycles. The molecule has 0 saturated heterocycles. The van der Waals surface area contributed by atoms with Gasteiger partial charge in [0.1, 0.15) is 0 Å². The minimum Gasteiger partial charge on any atom is -0.481 e. The minimum absolute atomic E-state index is 0.167. The molecule has 0 aliphatic rings. The Balaban J connectivity index is 2.43. The van der Waals surface area contributed by atoms with E-state index in [2.05, 4.69) is 5.32 Å². The van der Waals surface area contributed by atoms with Crippen molar-refractivity contribution in [3.8, 4) is 0 Å². The number of carboxylic acids is 1. The predicted molar refractivity (Wildman–Crippen MR) is 77.2 cm³/mol. The lowest BCUT2D eigenvalue weighted by Gasteiger charge is -2.22. The number of nitrogens with zero attached hydrogens (tertiary/aromatic N) is 1. The summed E-state index contributed by atoms with van der Waals surface area (Å²) in [5, 5.41) is 22.6. The van der Waals surface area contributed by atoms with E-state index in [1.54, 1.807) is 17.5 Å². The molecule has 0 aromatic carbocycles. The first-order chi connectivity index (χ1) is 9.71. The first-order valence-electron chi connectivity index (χ1n) is 6.21. The van der Waals surface area contributed by atoms with Crippen LogP contribution in [0, 0.1) is 0 Å². The van der Waals surface area contributed by atoms with Crippen LogP contribution in [0.15, 0.2) is 17.5 Å². The third-order valence-electron chi connectivity index (χ3n) is 2.66. The summed E-state index contributed by atoms with van der Waals surface area (Å²) in [6, 6.07) is 3.41. The van der Waals surface area contributed by atoms with Gasteiger partial charge in [-0.15, -0.1) is 11.3 Å². The van der Waals surface area contributed by atoms with E-state index in [1.165, 1.54) is 30.2 Å². The Morgan fingerprint density at radius 1 is 1.43 bits per heavy atom. The lowest BCUT2D eigenvalue weighted by molar-refractivity contribution is -0.142. The Morgan fingerprint density at radius 2 is 2.10 bits per heavy atom. The Kier molecular flexibility index (Phi) is 5.86. The van der Waals surface area contributed by atoms with Crippen LogP contribution in [-0.4, -0.2) is 58.6 Å². The van der Waals surface area contributed by atoms with Gasteiger partial charge in [0.2, 0.25) is 5.91 Å². The van der Waals surface area contributed by atoms with Crippen LogP contribution < -0.4 is 5.32 Å². The molecular formula is C13H18N2O5S. The SMILES string of the molecule is CN(CC(=O)NCC(C)(O)CC(=O)O)C(=O)c1cccs1. The summed E-state index contributed by atoms with van der Waals surface area (Å²) in [6.07, 6.45) is -0.475. The molecule has 0 bridgehead atoms. The molecule has 1 heterocycles. The molecule has 1 aromatic rings. The number of hydrogen-bond acceptors (Lipinski definition) is 5. The number of likely N-dealkylation sites (N-methyl/N-ethyl adjacent to an activating group) is 1. The molecule has 0 saturated carbocycles. The number of hydrogen-bond donors (Lipinski definition) is 3. The second-order valence-corrected chi connectivity index (χ2v) is 5.93. The highest BCUT2D eigenvalue weighted by atomic mass is 32.1. The molecule has 1 rings (SSSR count). The molecule has 0 radical (unpaired) electrons. The van der Waals surface area contributed by atoms with Crippen molar-refractivity contribution in [2.24, 2.45) is 0 Å². The van der Waals surface area contributed by atoms with Crippen molar-refractivity contribution in [2.45, 2.75) is 18.9 Å². The van der Waals surface area contributed by atoms with Gasteiger partial charge < -0.3 is 20.4 Å². The number of rotatable bonds is 7. The topological polar surface area (TPSA) is 107 Å². The van der Waals surface area contributed by atoms with Gasteiger partial charge in [0, 0.05) is 13.6 Å². The van der Waals surface area contributed by atoms with E-state index >= 15 is 0 Å². The number of thiophene rings is 1. The molecule has 1 atom stereocenters. The summed E-state index contributed by atoms with van der Waals surface area (Å²) in [5.41, 5.74) is -1.53. The van der Waals surface area contributed by atoms with Crippen molar-refractivity contribution in [3.63, 3.8) is 0 Å². The van der Waals surface area contributed by atoms with Crippen LogP contribution in [0.2, 0.25) is 0 Å². The maximum atomic E-state index is 11.9. The lowest BCUT2D eigenvalue weighted by atomic mass is 10.0. The van der Waals surface area contributed by atoms with Crippen molar-refractivity contribution < 1.29 is 24.6 Å². The van der Waals surface area contributed by atoms with Crippen LogP contribution in [-0.2, 0) is 9.59 Å². The summed E-state index contributed by atoms with van der Waals surface area (Å²) >= 11 is 1.28. The van der Waals surface area contributed by atoms with Gasteiger partial charge in [-0.25, -0.2) is 0 Å². The quantitative estimate of drug-likeness (QED) is 0.665. The predicted octanol–water partition coefficient (Wildman–Crippen LogP) is 0.162. The number of carbonyl (C=O) groups is 3. The van der Waals surface area contributed by atoms with E-state index in [0.29, 0.717) is 4.88 Å². The van der Waals surface area contributed by atoms with Crippen LogP contribution in [0.4, 0.5) is 0 Å². The van der Waals surface area contributed by atoms with Gasteiger partial charge in [-0.05, 0) is 18.4 Å². The molecule has 0 aliphatic heterocycles. The second-order valence-electron chi connectivity index (χ2n) is 4.98. The molecule has 7 nitrogen and oxygen atoms in total. The van der Waals surface area contributed by atoms with Crippen LogP contribution in [0.25, 0.3) is 0 Å². The van der Waals surface area contributed by atoms with E-state index < -0.39 is 23.9 Å². The fraction of sp³-hybridized carbons (Fsp3) is 0.462.